The molecule has 4 heteroatoms. The number of hydrogen-bond donors (Lipinski definition) is 1. The van der Waals surface area contributed by atoms with Gasteiger partial charge in [0.15, 0.2) is 0 Å². The number of nitrogens with zero attached hydrogens (tertiary/aromatic N) is 1. The van der Waals surface area contributed by atoms with Gasteiger partial charge in [0.1, 0.15) is 11.5 Å². The topological polar surface area (TPSA) is 24.5 Å². The van der Waals surface area contributed by atoms with E-state index in [-0.39, 0.29) is 12.6 Å². The molecule has 5 heterocycles. The Labute approximate surface area is 312 Å². The Morgan fingerprint density at radius 3 is 1.98 bits per heavy atom. The third kappa shape index (κ3) is 3.76. The molecule has 0 bridgehead atoms. The summed E-state index contributed by atoms with van der Waals surface area (Å²) in [7, 11) is 0. The van der Waals surface area contributed by atoms with Crippen LogP contribution in [0.1, 0.15) is 96.9 Å². The average molecular weight is 685 g/mol. The molecular formula is C49H41BN2O. The van der Waals surface area contributed by atoms with E-state index >= 15 is 0 Å². The first-order chi connectivity index (χ1) is 25.8. The van der Waals surface area contributed by atoms with Crippen LogP contribution in [0.2, 0.25) is 0 Å². The molecule has 0 saturated carbocycles. The van der Waals surface area contributed by atoms with Gasteiger partial charge in [-0.1, -0.05) is 125 Å². The third-order valence-electron chi connectivity index (χ3n) is 13.2. The maximum absolute atomic E-state index is 6.51. The van der Waals surface area contributed by atoms with Crippen molar-refractivity contribution in [1.29, 1.82) is 0 Å². The Bertz CT molecular complexity index is 2600. The highest BCUT2D eigenvalue weighted by Crippen LogP contribution is 2.61. The Hall–Kier alpha value is -5.74. The minimum absolute atomic E-state index is 0.228. The molecule has 5 aliphatic rings. The molecule has 0 amide bonds. The zero-order valence-electron chi connectivity index (χ0n) is 30.9. The van der Waals surface area contributed by atoms with Crippen molar-refractivity contribution in [2.24, 2.45) is 0 Å². The van der Waals surface area contributed by atoms with E-state index in [2.05, 4.69) is 167 Å². The summed E-state index contributed by atoms with van der Waals surface area (Å²) < 4.78 is 6.51. The van der Waals surface area contributed by atoms with Crippen LogP contribution in [0.25, 0.3) is 0 Å². The van der Waals surface area contributed by atoms with E-state index < -0.39 is 5.41 Å². The molecule has 5 aliphatic heterocycles. The molecule has 3 nitrogen and oxygen atoms in total. The lowest BCUT2D eigenvalue weighted by atomic mass is 9.28. The maximum atomic E-state index is 6.51. The van der Waals surface area contributed by atoms with Gasteiger partial charge in [0.05, 0.1) is 16.8 Å². The Balaban J connectivity index is 1.20. The molecule has 1 N–H and O–H groups in total. The molecule has 1 spiro atoms. The number of nitrogens with one attached hydrogen (secondary N) is 1. The lowest BCUT2D eigenvalue weighted by Crippen LogP contribution is -2.64. The van der Waals surface area contributed by atoms with Gasteiger partial charge in [0.2, 0.25) is 6.71 Å². The molecule has 0 radical (unpaired) electrons. The highest BCUT2D eigenvalue weighted by molar-refractivity contribution is 6.99. The lowest BCUT2D eigenvalue weighted by Gasteiger charge is -2.49. The van der Waals surface area contributed by atoms with Crippen molar-refractivity contribution < 1.29 is 4.74 Å². The zero-order chi connectivity index (χ0) is 35.9. The normalized spacial score (nSPS) is 18.8. The summed E-state index contributed by atoms with van der Waals surface area (Å²) in [5.74, 6) is 2.83. The summed E-state index contributed by atoms with van der Waals surface area (Å²) in [6, 6.07) is 43.4. The largest absolute Gasteiger partial charge is 0.461 e. The fourth-order valence-corrected chi connectivity index (χ4v) is 10.9. The maximum Gasteiger partial charge on any atom is 0.248 e. The molecule has 11 rings (SSSR count). The molecule has 2 unspecified atom stereocenters. The quantitative estimate of drug-likeness (QED) is 0.188. The number of fused-ring (bicyclic) bond motifs is 6. The third-order valence-corrected chi connectivity index (χ3v) is 13.2. The fourth-order valence-electron chi connectivity index (χ4n) is 10.9. The van der Waals surface area contributed by atoms with Crippen LogP contribution in [-0.2, 0) is 5.41 Å². The van der Waals surface area contributed by atoms with Crippen LogP contribution < -0.4 is 31.3 Å². The van der Waals surface area contributed by atoms with E-state index in [9.17, 15) is 0 Å². The van der Waals surface area contributed by atoms with Crippen molar-refractivity contribution >= 4 is 51.5 Å². The van der Waals surface area contributed by atoms with Gasteiger partial charge in [-0.25, -0.2) is 0 Å². The van der Waals surface area contributed by atoms with Crippen LogP contribution in [-0.4, -0.2) is 6.71 Å². The van der Waals surface area contributed by atoms with Crippen LogP contribution in [0.4, 0.5) is 28.4 Å². The predicted molar refractivity (Wildman–Crippen MR) is 221 cm³/mol. The molecule has 6 aromatic carbocycles. The van der Waals surface area contributed by atoms with Crippen molar-refractivity contribution in [2.45, 2.75) is 57.8 Å². The summed E-state index contributed by atoms with van der Waals surface area (Å²) in [5.41, 5.74) is 21.8. The van der Waals surface area contributed by atoms with Crippen molar-refractivity contribution in [1.82, 2.24) is 0 Å². The Morgan fingerprint density at radius 1 is 0.698 bits per heavy atom. The molecule has 6 aromatic rings. The lowest BCUT2D eigenvalue weighted by molar-refractivity contribution is 0.386. The van der Waals surface area contributed by atoms with E-state index in [0.29, 0.717) is 11.8 Å². The molecular weight excluding hydrogens is 643 g/mol. The highest BCUT2D eigenvalue weighted by Gasteiger charge is 2.52. The first kappa shape index (κ1) is 30.9. The van der Waals surface area contributed by atoms with Crippen molar-refractivity contribution in [2.75, 3.05) is 10.2 Å². The predicted octanol–water partition coefficient (Wildman–Crippen LogP) is 10.3. The second kappa shape index (κ2) is 10.7. The smallest absolute Gasteiger partial charge is 0.248 e. The molecule has 53 heavy (non-hydrogen) atoms. The van der Waals surface area contributed by atoms with Gasteiger partial charge in [0.25, 0.3) is 0 Å². The summed E-state index contributed by atoms with van der Waals surface area (Å²) >= 11 is 0. The zero-order valence-corrected chi connectivity index (χ0v) is 30.9. The number of benzene rings is 6. The number of rotatable bonds is 3. The molecule has 0 saturated heterocycles. The number of para-hydroxylation sites is 3. The van der Waals surface area contributed by atoms with Crippen molar-refractivity contribution in [3.8, 4) is 5.75 Å². The molecule has 2 atom stereocenters. The number of allylic oxidation sites excluding steroid dienone is 3. The first-order valence-corrected chi connectivity index (χ1v) is 19.2. The van der Waals surface area contributed by atoms with Crippen LogP contribution in [0, 0.1) is 0 Å². The van der Waals surface area contributed by atoms with Gasteiger partial charge in [-0.2, -0.15) is 0 Å². The van der Waals surface area contributed by atoms with Crippen LogP contribution >= 0.6 is 0 Å². The molecule has 0 aliphatic carbocycles. The number of hydrogen-bond acceptors (Lipinski definition) is 3. The fraction of sp³-hybridized carbons (Fsp3) is 0.184. The second-order valence-electron chi connectivity index (χ2n) is 16.0. The summed E-state index contributed by atoms with van der Waals surface area (Å²) in [6.07, 6.45) is 2.01. The second-order valence-corrected chi connectivity index (χ2v) is 16.0. The minimum atomic E-state index is -0.588. The van der Waals surface area contributed by atoms with E-state index in [0.717, 1.165) is 22.6 Å². The summed E-state index contributed by atoms with van der Waals surface area (Å²) in [5, 5.41) is 4.01. The first-order valence-electron chi connectivity index (χ1n) is 19.2. The summed E-state index contributed by atoms with van der Waals surface area (Å²) in [4.78, 5) is 2.51. The van der Waals surface area contributed by atoms with Gasteiger partial charge in [-0.05, 0) is 99.1 Å². The standard InChI is InChI=1S/C49H41BN2O/c1-7-37-30(6)53-45-22-13-10-18-40(45)49(37)38-16-8-11-20-43(38)52(44-21-12-9-17-39(44)49)32-25-36-29(5)35-24-31(27(2)3)23-34-28(4)33-15-14-19-41-47(33)50(46(34)35)48(36)42(26-32)51-41/h7-29,51H,1H2,2-6H3. The van der Waals surface area contributed by atoms with Gasteiger partial charge in [-0.15, -0.1) is 0 Å². The van der Waals surface area contributed by atoms with Gasteiger partial charge in [-0.3, -0.25) is 0 Å². The van der Waals surface area contributed by atoms with Crippen LogP contribution in [0.3, 0.4) is 0 Å². The number of anilines is 5. The SMILES string of the molecule is C=CC1=C(C)Oc2ccccc2C12c1ccccc1N(c1cc3c4c(c1)C(C)c1cc(C(C)C)cc5c1B4c1c(cccc1C5C)N3)c1ccccc12. The number of ether oxygens (including phenoxy) is 1. The highest BCUT2D eigenvalue weighted by atomic mass is 16.5. The molecule has 0 fully saturated rings. The Morgan fingerprint density at radius 2 is 1.30 bits per heavy atom. The van der Waals surface area contributed by atoms with E-state index in [1.54, 1.807) is 5.46 Å². The van der Waals surface area contributed by atoms with E-state index in [4.69, 9.17) is 4.74 Å². The average Bonchev–Trinajstić information content (AvgIpc) is 3.18. The van der Waals surface area contributed by atoms with Gasteiger partial charge >= 0.3 is 0 Å². The van der Waals surface area contributed by atoms with Crippen molar-refractivity contribution in [3.05, 3.63) is 184 Å². The molecule has 0 aromatic heterocycles. The minimum Gasteiger partial charge on any atom is -0.461 e. The monoisotopic (exact) mass is 684 g/mol. The van der Waals surface area contributed by atoms with E-state index in [1.807, 2.05) is 6.08 Å². The molecule has 256 valence electrons. The Kier molecular flexibility index (Phi) is 6.21. The van der Waals surface area contributed by atoms with Crippen LogP contribution in [0.5, 0.6) is 5.75 Å². The van der Waals surface area contributed by atoms with E-state index in [1.165, 1.54) is 78.3 Å². The summed E-state index contributed by atoms with van der Waals surface area (Å²) in [6.45, 7) is 16.2. The van der Waals surface area contributed by atoms with Gasteiger partial charge in [0, 0.05) is 40.0 Å². The van der Waals surface area contributed by atoms with Crippen molar-refractivity contribution in [3.63, 3.8) is 0 Å². The van der Waals surface area contributed by atoms with Crippen LogP contribution in [0.15, 0.2) is 139 Å². The van der Waals surface area contributed by atoms with Gasteiger partial charge < -0.3 is 15.0 Å².